The second kappa shape index (κ2) is 10.9. The van der Waals surface area contributed by atoms with Crippen LogP contribution < -0.4 is 15.4 Å². The first-order valence-electron chi connectivity index (χ1n) is 7.95. The third-order valence-corrected chi connectivity index (χ3v) is 3.75. The van der Waals surface area contributed by atoms with E-state index in [0.29, 0.717) is 12.5 Å². The summed E-state index contributed by atoms with van der Waals surface area (Å²) < 4.78 is 18.5. The van der Waals surface area contributed by atoms with Gasteiger partial charge < -0.3 is 15.4 Å². The quantitative estimate of drug-likeness (QED) is 0.396. The molecule has 0 saturated heterocycles. The third-order valence-electron chi connectivity index (χ3n) is 3.75. The fourth-order valence-electron chi connectivity index (χ4n) is 2.40. The van der Waals surface area contributed by atoms with E-state index in [4.69, 9.17) is 4.74 Å². The van der Waals surface area contributed by atoms with Gasteiger partial charge >= 0.3 is 0 Å². The predicted molar refractivity (Wildman–Crippen MR) is 111 cm³/mol. The largest absolute Gasteiger partial charge is 0.496 e. The Morgan fingerprint density at radius 3 is 2.60 bits per heavy atom. The van der Waals surface area contributed by atoms with Gasteiger partial charge in [-0.1, -0.05) is 24.3 Å². The van der Waals surface area contributed by atoms with Crippen LogP contribution in [0, 0.1) is 12.7 Å². The van der Waals surface area contributed by atoms with Crippen LogP contribution in [0.3, 0.4) is 0 Å². The summed E-state index contributed by atoms with van der Waals surface area (Å²) >= 11 is 0. The van der Waals surface area contributed by atoms with Gasteiger partial charge in [0.2, 0.25) is 0 Å². The topological polar surface area (TPSA) is 45.7 Å². The molecule has 0 amide bonds. The standard InChI is InChI=1S/C19H24FN3O.HI/c1-14-7-8-15(12-18(14)24-3)9-10-22-19(21-2)23-13-16-5-4-6-17(20)11-16;/h4-8,11-12H,9-10,13H2,1-3H3,(H2,21,22,23);1H. The van der Waals surface area contributed by atoms with Crippen molar-refractivity contribution in [2.24, 2.45) is 4.99 Å². The first-order valence-corrected chi connectivity index (χ1v) is 7.95. The van der Waals surface area contributed by atoms with Crippen LogP contribution in [0.25, 0.3) is 0 Å². The first kappa shape index (κ1) is 21.2. The van der Waals surface area contributed by atoms with Gasteiger partial charge in [0.05, 0.1) is 7.11 Å². The van der Waals surface area contributed by atoms with Crippen LogP contribution in [-0.2, 0) is 13.0 Å². The van der Waals surface area contributed by atoms with Crippen LogP contribution in [0.2, 0.25) is 0 Å². The zero-order chi connectivity index (χ0) is 17.4. The summed E-state index contributed by atoms with van der Waals surface area (Å²) in [6.07, 6.45) is 0.858. The smallest absolute Gasteiger partial charge is 0.191 e. The number of ether oxygens (including phenoxy) is 1. The van der Waals surface area contributed by atoms with Gasteiger partial charge in [0.25, 0.3) is 0 Å². The second-order valence-electron chi connectivity index (χ2n) is 5.54. The lowest BCUT2D eigenvalue weighted by Crippen LogP contribution is -2.37. The van der Waals surface area contributed by atoms with Crippen molar-refractivity contribution >= 4 is 29.9 Å². The first-order chi connectivity index (χ1) is 11.6. The van der Waals surface area contributed by atoms with Crippen molar-refractivity contribution in [1.29, 1.82) is 0 Å². The van der Waals surface area contributed by atoms with Gasteiger partial charge in [-0.25, -0.2) is 4.39 Å². The minimum atomic E-state index is -0.231. The Kier molecular flexibility index (Phi) is 9.26. The molecule has 0 radical (unpaired) electrons. The van der Waals surface area contributed by atoms with Crippen LogP contribution in [0.4, 0.5) is 4.39 Å². The van der Waals surface area contributed by atoms with E-state index < -0.39 is 0 Å². The third kappa shape index (κ3) is 6.89. The van der Waals surface area contributed by atoms with Crippen molar-refractivity contribution in [2.75, 3.05) is 20.7 Å². The number of halogens is 2. The molecule has 0 heterocycles. The van der Waals surface area contributed by atoms with Crippen LogP contribution in [0.15, 0.2) is 47.5 Å². The molecule has 136 valence electrons. The molecule has 4 nitrogen and oxygen atoms in total. The molecule has 0 fully saturated rings. The Bertz CT molecular complexity index is 707. The van der Waals surface area contributed by atoms with Crippen molar-refractivity contribution in [3.8, 4) is 5.75 Å². The number of nitrogens with one attached hydrogen (secondary N) is 2. The maximum absolute atomic E-state index is 13.2. The van der Waals surface area contributed by atoms with E-state index in [-0.39, 0.29) is 29.8 Å². The van der Waals surface area contributed by atoms with Gasteiger partial charge in [0.15, 0.2) is 5.96 Å². The highest BCUT2D eigenvalue weighted by Gasteiger charge is 2.02. The molecule has 25 heavy (non-hydrogen) atoms. The summed E-state index contributed by atoms with van der Waals surface area (Å²) in [6.45, 7) is 3.30. The number of benzene rings is 2. The lowest BCUT2D eigenvalue weighted by molar-refractivity contribution is 0.411. The number of rotatable bonds is 6. The normalized spacial score (nSPS) is 10.8. The molecule has 6 heteroatoms. The molecule has 0 unspecified atom stereocenters. The van der Waals surface area contributed by atoms with Crippen molar-refractivity contribution < 1.29 is 9.13 Å². The highest BCUT2D eigenvalue weighted by Crippen LogP contribution is 2.18. The highest BCUT2D eigenvalue weighted by atomic mass is 127. The molecule has 2 aromatic carbocycles. The zero-order valence-corrected chi connectivity index (χ0v) is 17.1. The maximum Gasteiger partial charge on any atom is 0.191 e. The molecule has 0 aliphatic carbocycles. The number of nitrogens with zero attached hydrogens (tertiary/aromatic N) is 1. The number of hydrogen-bond acceptors (Lipinski definition) is 2. The highest BCUT2D eigenvalue weighted by molar-refractivity contribution is 14.0. The number of hydrogen-bond donors (Lipinski definition) is 2. The van der Waals surface area contributed by atoms with E-state index in [0.717, 1.165) is 29.8 Å². The van der Waals surface area contributed by atoms with E-state index in [9.17, 15) is 4.39 Å². The molecule has 0 aromatic heterocycles. The van der Waals surface area contributed by atoms with Crippen molar-refractivity contribution in [2.45, 2.75) is 19.9 Å². The summed E-state index contributed by atoms with van der Waals surface area (Å²) in [7, 11) is 3.40. The van der Waals surface area contributed by atoms with Gasteiger partial charge in [-0.15, -0.1) is 24.0 Å². The van der Waals surface area contributed by atoms with Gasteiger partial charge in [-0.2, -0.15) is 0 Å². The Labute approximate surface area is 165 Å². The summed E-state index contributed by atoms with van der Waals surface area (Å²) in [5.74, 6) is 1.37. The zero-order valence-electron chi connectivity index (χ0n) is 14.8. The number of methoxy groups -OCH3 is 1. The van der Waals surface area contributed by atoms with Crippen molar-refractivity contribution in [3.05, 3.63) is 65.0 Å². The fraction of sp³-hybridized carbons (Fsp3) is 0.316. The van der Waals surface area contributed by atoms with Crippen molar-refractivity contribution in [1.82, 2.24) is 10.6 Å². The molecule has 0 spiro atoms. The number of aliphatic imine (C=N–C) groups is 1. The molecule has 2 rings (SSSR count). The summed E-state index contributed by atoms with van der Waals surface area (Å²) in [4.78, 5) is 4.18. The summed E-state index contributed by atoms with van der Waals surface area (Å²) in [6, 6.07) is 12.7. The van der Waals surface area contributed by atoms with Gasteiger partial charge in [0, 0.05) is 20.1 Å². The lowest BCUT2D eigenvalue weighted by atomic mass is 10.1. The molecular weight excluding hydrogens is 432 g/mol. The van der Waals surface area contributed by atoms with Crippen LogP contribution >= 0.6 is 24.0 Å². The molecule has 2 N–H and O–H groups in total. The second-order valence-corrected chi connectivity index (χ2v) is 5.54. The molecule has 0 bridgehead atoms. The summed E-state index contributed by atoms with van der Waals surface area (Å²) in [5, 5.41) is 6.44. The Balaban J connectivity index is 0.00000312. The predicted octanol–water partition coefficient (Wildman–Crippen LogP) is 3.67. The van der Waals surface area contributed by atoms with E-state index >= 15 is 0 Å². The molecular formula is C19H25FIN3O. The Morgan fingerprint density at radius 1 is 1.12 bits per heavy atom. The van der Waals surface area contributed by atoms with E-state index in [1.165, 1.54) is 17.7 Å². The Hall–Kier alpha value is -1.83. The van der Waals surface area contributed by atoms with Crippen LogP contribution in [0.1, 0.15) is 16.7 Å². The average molecular weight is 457 g/mol. The minimum Gasteiger partial charge on any atom is -0.496 e. The lowest BCUT2D eigenvalue weighted by Gasteiger charge is -2.13. The summed E-state index contributed by atoms with van der Waals surface area (Å²) in [5.41, 5.74) is 3.20. The number of guanidine groups is 1. The van der Waals surface area contributed by atoms with E-state index in [2.05, 4.69) is 33.8 Å². The van der Waals surface area contributed by atoms with Gasteiger partial charge in [-0.05, 0) is 48.2 Å². The molecule has 0 saturated carbocycles. The van der Waals surface area contributed by atoms with Crippen LogP contribution in [0.5, 0.6) is 5.75 Å². The van der Waals surface area contributed by atoms with Crippen LogP contribution in [-0.4, -0.2) is 26.7 Å². The molecule has 0 aliphatic heterocycles. The minimum absolute atomic E-state index is 0. The molecule has 2 aromatic rings. The number of aryl methyl sites for hydroxylation is 1. The van der Waals surface area contributed by atoms with Gasteiger partial charge in [-0.3, -0.25) is 4.99 Å². The maximum atomic E-state index is 13.2. The van der Waals surface area contributed by atoms with Crippen molar-refractivity contribution in [3.63, 3.8) is 0 Å². The monoisotopic (exact) mass is 457 g/mol. The fourth-order valence-corrected chi connectivity index (χ4v) is 2.40. The Morgan fingerprint density at radius 2 is 1.92 bits per heavy atom. The van der Waals surface area contributed by atoms with Gasteiger partial charge in [0.1, 0.15) is 11.6 Å². The average Bonchev–Trinajstić information content (AvgIpc) is 2.59. The SMILES string of the molecule is CN=C(NCCc1ccc(C)c(OC)c1)NCc1cccc(F)c1.I. The van der Waals surface area contributed by atoms with E-state index in [1.54, 1.807) is 20.2 Å². The molecule has 0 aliphatic rings. The molecule has 0 atom stereocenters. The van der Waals surface area contributed by atoms with E-state index in [1.807, 2.05) is 13.0 Å².